The molecule has 0 N–H and O–H groups in total. The second kappa shape index (κ2) is 7.75. The Balaban J connectivity index is 1.60. The van der Waals surface area contributed by atoms with Crippen LogP contribution in [-0.4, -0.2) is 46.4 Å². The van der Waals surface area contributed by atoms with Crippen LogP contribution in [0.4, 0.5) is 0 Å². The molecule has 0 unspecified atom stereocenters. The molecular formula is C18H29N3OS. The molecular weight excluding hydrogens is 306 g/mol. The molecule has 3 rings (SSSR count). The van der Waals surface area contributed by atoms with E-state index in [2.05, 4.69) is 28.6 Å². The average Bonchev–Trinajstić information content (AvgIpc) is 3.12. The van der Waals surface area contributed by atoms with Gasteiger partial charge in [-0.3, -0.25) is 9.69 Å². The van der Waals surface area contributed by atoms with Gasteiger partial charge in [0.25, 0.3) is 0 Å². The van der Waals surface area contributed by atoms with E-state index in [4.69, 9.17) is 0 Å². The van der Waals surface area contributed by atoms with Crippen molar-refractivity contribution < 1.29 is 4.79 Å². The Morgan fingerprint density at radius 1 is 1.26 bits per heavy atom. The average molecular weight is 336 g/mol. The smallest absolute Gasteiger partial charge is 0.222 e. The van der Waals surface area contributed by atoms with Gasteiger partial charge in [-0.1, -0.05) is 13.3 Å². The molecule has 5 heteroatoms. The first-order valence-corrected chi connectivity index (χ1v) is 9.96. The summed E-state index contributed by atoms with van der Waals surface area (Å²) in [5, 5.41) is 1.19. The summed E-state index contributed by atoms with van der Waals surface area (Å²) in [5.74, 6) is 0.360. The maximum atomic E-state index is 11.8. The lowest BCUT2D eigenvalue weighted by molar-refractivity contribution is -0.127. The SMILES string of the molecule is CCc1nc(C)sc1CN1CCCC[C@H]1CCN1CCCC1=O. The van der Waals surface area contributed by atoms with E-state index in [0.29, 0.717) is 11.9 Å². The monoisotopic (exact) mass is 335 g/mol. The molecule has 2 aliphatic heterocycles. The number of rotatable bonds is 6. The van der Waals surface area contributed by atoms with Gasteiger partial charge in [-0.15, -0.1) is 11.3 Å². The largest absolute Gasteiger partial charge is 0.343 e. The lowest BCUT2D eigenvalue weighted by atomic mass is 9.99. The van der Waals surface area contributed by atoms with E-state index < -0.39 is 0 Å². The van der Waals surface area contributed by atoms with Gasteiger partial charge in [-0.05, 0) is 45.6 Å². The third-order valence-electron chi connectivity index (χ3n) is 5.22. The van der Waals surface area contributed by atoms with Crippen LogP contribution < -0.4 is 0 Å². The molecule has 128 valence electrons. The Morgan fingerprint density at radius 2 is 2.13 bits per heavy atom. The standard InChI is InChI=1S/C18H29N3OS/c1-3-16-17(23-14(2)19-16)13-21-10-5-4-7-15(21)9-12-20-11-6-8-18(20)22/h15H,3-13H2,1-2H3/t15-/m0/s1. The maximum absolute atomic E-state index is 11.8. The van der Waals surface area contributed by atoms with Crippen molar-refractivity contribution in [1.29, 1.82) is 0 Å². The van der Waals surface area contributed by atoms with Crippen LogP contribution in [0.1, 0.15) is 61.0 Å². The summed E-state index contributed by atoms with van der Waals surface area (Å²) in [6.45, 7) is 8.47. The van der Waals surface area contributed by atoms with Crippen molar-refractivity contribution in [2.45, 2.75) is 71.4 Å². The normalized spacial score (nSPS) is 23.0. The molecule has 3 heterocycles. The fraction of sp³-hybridized carbons (Fsp3) is 0.778. The molecule has 2 aliphatic rings. The molecule has 0 spiro atoms. The quantitative estimate of drug-likeness (QED) is 0.799. The third-order valence-corrected chi connectivity index (χ3v) is 6.22. The highest BCUT2D eigenvalue weighted by molar-refractivity contribution is 7.11. The van der Waals surface area contributed by atoms with Gasteiger partial charge in [0.05, 0.1) is 10.7 Å². The van der Waals surface area contributed by atoms with Crippen LogP contribution in [-0.2, 0) is 17.8 Å². The van der Waals surface area contributed by atoms with Gasteiger partial charge in [0.15, 0.2) is 0 Å². The van der Waals surface area contributed by atoms with Crippen molar-refractivity contribution in [3.05, 3.63) is 15.6 Å². The second-order valence-corrected chi connectivity index (χ2v) is 8.14. The number of thiazole rings is 1. The first kappa shape index (κ1) is 16.9. The zero-order chi connectivity index (χ0) is 16.2. The summed E-state index contributed by atoms with van der Waals surface area (Å²) in [6.07, 6.45) is 7.88. The molecule has 23 heavy (non-hydrogen) atoms. The van der Waals surface area contributed by atoms with Crippen molar-refractivity contribution in [3.63, 3.8) is 0 Å². The van der Waals surface area contributed by atoms with Crippen molar-refractivity contribution in [2.75, 3.05) is 19.6 Å². The molecule has 2 saturated heterocycles. The summed E-state index contributed by atoms with van der Waals surface area (Å²) in [4.78, 5) is 22.7. The van der Waals surface area contributed by atoms with E-state index in [1.54, 1.807) is 0 Å². The summed E-state index contributed by atoms with van der Waals surface area (Å²) < 4.78 is 0. The van der Waals surface area contributed by atoms with Gasteiger partial charge in [0, 0.05) is 37.0 Å². The van der Waals surface area contributed by atoms with Gasteiger partial charge in [0.1, 0.15) is 0 Å². The minimum Gasteiger partial charge on any atom is -0.343 e. The lowest BCUT2D eigenvalue weighted by Crippen LogP contribution is -2.41. The number of amides is 1. The second-order valence-electron chi connectivity index (χ2n) is 6.85. The Kier molecular flexibility index (Phi) is 5.70. The number of hydrogen-bond donors (Lipinski definition) is 0. The van der Waals surface area contributed by atoms with Gasteiger partial charge < -0.3 is 4.90 Å². The highest BCUT2D eigenvalue weighted by Crippen LogP contribution is 2.27. The molecule has 2 fully saturated rings. The van der Waals surface area contributed by atoms with E-state index in [1.807, 2.05) is 11.3 Å². The first-order valence-electron chi connectivity index (χ1n) is 9.14. The summed E-state index contributed by atoms with van der Waals surface area (Å²) >= 11 is 1.86. The van der Waals surface area contributed by atoms with Crippen molar-refractivity contribution >= 4 is 17.2 Å². The number of aryl methyl sites for hydroxylation is 2. The van der Waals surface area contributed by atoms with Crippen LogP contribution in [0.2, 0.25) is 0 Å². The number of aromatic nitrogens is 1. The van der Waals surface area contributed by atoms with E-state index in [1.165, 1.54) is 41.4 Å². The van der Waals surface area contributed by atoms with E-state index >= 15 is 0 Å². The van der Waals surface area contributed by atoms with Crippen molar-refractivity contribution in [3.8, 4) is 0 Å². The van der Waals surface area contributed by atoms with Crippen molar-refractivity contribution in [1.82, 2.24) is 14.8 Å². The fourth-order valence-electron chi connectivity index (χ4n) is 3.94. The summed E-state index contributed by atoms with van der Waals surface area (Å²) in [6, 6.07) is 0.629. The summed E-state index contributed by atoms with van der Waals surface area (Å²) in [7, 11) is 0. The highest BCUT2D eigenvalue weighted by atomic mass is 32.1. The third kappa shape index (κ3) is 4.13. The Hall–Kier alpha value is -0.940. The zero-order valence-corrected chi connectivity index (χ0v) is 15.3. The van der Waals surface area contributed by atoms with Gasteiger partial charge in [0.2, 0.25) is 5.91 Å². The Bertz CT molecular complexity index is 542. The van der Waals surface area contributed by atoms with Gasteiger partial charge in [-0.25, -0.2) is 4.98 Å². The zero-order valence-electron chi connectivity index (χ0n) is 14.5. The Labute approximate surface area is 143 Å². The van der Waals surface area contributed by atoms with Crippen LogP contribution in [0.5, 0.6) is 0 Å². The maximum Gasteiger partial charge on any atom is 0.222 e. The molecule has 1 aromatic rings. The van der Waals surface area contributed by atoms with Gasteiger partial charge >= 0.3 is 0 Å². The van der Waals surface area contributed by atoms with Crippen LogP contribution in [0.25, 0.3) is 0 Å². The van der Waals surface area contributed by atoms with Crippen LogP contribution in [0, 0.1) is 6.92 Å². The molecule has 0 aromatic carbocycles. The minimum atomic E-state index is 0.360. The number of piperidine rings is 1. The molecule has 0 saturated carbocycles. The van der Waals surface area contributed by atoms with E-state index in [0.717, 1.165) is 45.3 Å². The van der Waals surface area contributed by atoms with Crippen LogP contribution >= 0.6 is 11.3 Å². The minimum absolute atomic E-state index is 0.360. The number of likely N-dealkylation sites (tertiary alicyclic amines) is 2. The summed E-state index contributed by atoms with van der Waals surface area (Å²) in [5.41, 5.74) is 1.28. The predicted molar refractivity (Wildman–Crippen MR) is 94.7 cm³/mol. The predicted octanol–water partition coefficient (Wildman–Crippen LogP) is 3.38. The number of nitrogens with zero attached hydrogens (tertiary/aromatic N) is 3. The van der Waals surface area contributed by atoms with E-state index in [9.17, 15) is 4.79 Å². The highest BCUT2D eigenvalue weighted by Gasteiger charge is 2.26. The molecule has 0 aliphatic carbocycles. The van der Waals surface area contributed by atoms with E-state index in [-0.39, 0.29) is 0 Å². The number of hydrogen-bond acceptors (Lipinski definition) is 4. The number of carbonyl (C=O) groups is 1. The Morgan fingerprint density at radius 3 is 2.87 bits per heavy atom. The van der Waals surface area contributed by atoms with Crippen LogP contribution in [0.3, 0.4) is 0 Å². The topological polar surface area (TPSA) is 36.4 Å². The molecule has 1 aromatic heterocycles. The van der Waals surface area contributed by atoms with Crippen molar-refractivity contribution in [2.24, 2.45) is 0 Å². The fourth-order valence-corrected chi connectivity index (χ4v) is 4.99. The first-order chi connectivity index (χ1) is 11.2. The molecule has 0 radical (unpaired) electrons. The molecule has 1 atom stereocenters. The number of carbonyl (C=O) groups excluding carboxylic acids is 1. The van der Waals surface area contributed by atoms with Crippen LogP contribution in [0.15, 0.2) is 0 Å². The molecule has 4 nitrogen and oxygen atoms in total. The molecule has 1 amide bonds. The lowest BCUT2D eigenvalue weighted by Gasteiger charge is -2.36. The van der Waals surface area contributed by atoms with Gasteiger partial charge in [-0.2, -0.15) is 0 Å². The molecule has 0 bridgehead atoms.